The van der Waals surface area contributed by atoms with Crippen molar-refractivity contribution in [3.8, 4) is 17.2 Å². The SMILES string of the molecule is CCCCOc1ccc([C@H]2C(=C(O)c3ccc4c(c3)C[C@H](C)O4)C(=O)C(=O)N2C[C@@H]2CCCO2)cc1OC. The Morgan fingerprint density at radius 1 is 1.16 bits per heavy atom. The molecule has 0 radical (unpaired) electrons. The van der Waals surface area contributed by atoms with E-state index in [4.69, 9.17) is 18.9 Å². The minimum atomic E-state index is -0.791. The molecule has 8 heteroatoms. The molecule has 8 nitrogen and oxygen atoms in total. The summed E-state index contributed by atoms with van der Waals surface area (Å²) < 4.78 is 23.1. The first-order valence-electron chi connectivity index (χ1n) is 13.4. The van der Waals surface area contributed by atoms with E-state index in [2.05, 4.69) is 6.92 Å². The van der Waals surface area contributed by atoms with Gasteiger partial charge >= 0.3 is 0 Å². The molecule has 0 aliphatic carbocycles. The van der Waals surface area contributed by atoms with E-state index in [-0.39, 0.29) is 30.1 Å². The lowest BCUT2D eigenvalue weighted by Crippen LogP contribution is -2.36. The first-order chi connectivity index (χ1) is 18.4. The number of carbonyl (C=O) groups is 2. The van der Waals surface area contributed by atoms with Gasteiger partial charge in [-0.2, -0.15) is 0 Å². The molecule has 1 amide bonds. The highest BCUT2D eigenvalue weighted by molar-refractivity contribution is 6.46. The van der Waals surface area contributed by atoms with Crippen molar-refractivity contribution >= 4 is 17.4 Å². The van der Waals surface area contributed by atoms with E-state index < -0.39 is 17.7 Å². The van der Waals surface area contributed by atoms with Gasteiger partial charge in [0.15, 0.2) is 11.5 Å². The number of aliphatic hydroxyl groups excluding tert-OH is 1. The zero-order chi connectivity index (χ0) is 26.8. The summed E-state index contributed by atoms with van der Waals surface area (Å²) >= 11 is 0. The number of rotatable bonds is 9. The molecule has 1 N–H and O–H groups in total. The molecule has 3 aliphatic heterocycles. The molecule has 0 unspecified atom stereocenters. The molecule has 0 spiro atoms. The molecular weight excluding hydrogens is 486 g/mol. The number of ether oxygens (including phenoxy) is 4. The van der Waals surface area contributed by atoms with Crippen molar-refractivity contribution in [3.05, 3.63) is 58.7 Å². The van der Waals surface area contributed by atoms with Gasteiger partial charge < -0.3 is 29.0 Å². The minimum Gasteiger partial charge on any atom is -0.507 e. The zero-order valence-corrected chi connectivity index (χ0v) is 22.2. The van der Waals surface area contributed by atoms with Crippen molar-refractivity contribution in [1.82, 2.24) is 4.90 Å². The quantitative estimate of drug-likeness (QED) is 0.219. The third-order valence-corrected chi connectivity index (χ3v) is 7.39. The Hall–Kier alpha value is -3.52. The van der Waals surface area contributed by atoms with Crippen LogP contribution < -0.4 is 14.2 Å². The number of fused-ring (bicyclic) bond motifs is 1. The number of ketones is 1. The van der Waals surface area contributed by atoms with Gasteiger partial charge in [0.25, 0.3) is 11.7 Å². The Kier molecular flexibility index (Phi) is 7.61. The number of likely N-dealkylation sites (tertiary alicyclic amines) is 1. The summed E-state index contributed by atoms with van der Waals surface area (Å²) in [5.41, 5.74) is 2.15. The molecule has 2 saturated heterocycles. The van der Waals surface area contributed by atoms with E-state index in [1.165, 1.54) is 4.90 Å². The Labute approximate surface area is 223 Å². The number of nitrogens with zero attached hydrogens (tertiary/aromatic N) is 1. The first kappa shape index (κ1) is 26.1. The molecule has 2 aromatic carbocycles. The molecule has 3 atom stereocenters. The average Bonchev–Trinajstić information content (AvgIpc) is 3.63. The third-order valence-electron chi connectivity index (χ3n) is 7.39. The summed E-state index contributed by atoms with van der Waals surface area (Å²) in [4.78, 5) is 28.3. The van der Waals surface area contributed by atoms with E-state index >= 15 is 0 Å². The molecule has 3 heterocycles. The highest BCUT2D eigenvalue weighted by atomic mass is 16.5. The number of hydrogen-bond acceptors (Lipinski definition) is 7. The van der Waals surface area contributed by atoms with Crippen molar-refractivity contribution in [1.29, 1.82) is 0 Å². The van der Waals surface area contributed by atoms with Crippen LogP contribution in [0.5, 0.6) is 17.2 Å². The van der Waals surface area contributed by atoms with Gasteiger partial charge in [0.2, 0.25) is 0 Å². The van der Waals surface area contributed by atoms with E-state index in [1.54, 1.807) is 31.4 Å². The molecule has 5 rings (SSSR count). The van der Waals surface area contributed by atoms with Crippen LogP contribution in [0.3, 0.4) is 0 Å². The van der Waals surface area contributed by atoms with Crippen molar-refractivity contribution in [2.24, 2.45) is 0 Å². The van der Waals surface area contributed by atoms with Crippen molar-refractivity contribution in [3.63, 3.8) is 0 Å². The molecule has 3 aliphatic rings. The number of Topliss-reactive ketones (excluding diaryl/α,β-unsaturated/α-hetero) is 1. The fraction of sp³-hybridized carbons (Fsp3) is 0.467. The second-order valence-electron chi connectivity index (χ2n) is 10.2. The molecule has 202 valence electrons. The van der Waals surface area contributed by atoms with Gasteiger partial charge in [-0.15, -0.1) is 0 Å². The number of methoxy groups -OCH3 is 1. The molecule has 0 saturated carbocycles. The van der Waals surface area contributed by atoms with Gasteiger partial charge in [-0.1, -0.05) is 19.4 Å². The standard InChI is InChI=1S/C30H35NO7/c1-4-5-12-37-24-11-8-19(16-25(24)35-3)27-26(29(33)30(34)31(27)17-22-7-6-13-36-22)28(32)20-9-10-23-21(15-20)14-18(2)38-23/h8-11,15-16,18,22,27,32H,4-7,12-14,17H2,1-3H3/t18-,22-,27-/m0/s1. The Morgan fingerprint density at radius 2 is 2.00 bits per heavy atom. The number of aliphatic hydroxyl groups is 1. The highest BCUT2D eigenvalue weighted by Gasteiger charge is 2.47. The number of benzene rings is 2. The van der Waals surface area contributed by atoms with E-state index in [0.29, 0.717) is 42.3 Å². The molecule has 38 heavy (non-hydrogen) atoms. The third kappa shape index (κ3) is 4.97. The molecule has 0 bridgehead atoms. The number of carbonyl (C=O) groups excluding carboxylic acids is 2. The van der Waals surface area contributed by atoms with Gasteiger partial charge in [-0.05, 0) is 67.6 Å². The summed E-state index contributed by atoms with van der Waals surface area (Å²) in [5, 5.41) is 11.5. The number of amides is 1. The molecule has 2 fully saturated rings. The normalized spacial score (nSPS) is 24.0. The maximum Gasteiger partial charge on any atom is 0.295 e. The fourth-order valence-electron chi connectivity index (χ4n) is 5.45. The smallest absolute Gasteiger partial charge is 0.295 e. The van der Waals surface area contributed by atoms with E-state index in [9.17, 15) is 14.7 Å². The lowest BCUT2D eigenvalue weighted by atomic mass is 9.94. The minimum absolute atomic E-state index is 0.0462. The fourth-order valence-corrected chi connectivity index (χ4v) is 5.45. The van der Waals surface area contributed by atoms with E-state index in [1.807, 2.05) is 19.1 Å². The summed E-state index contributed by atoms with van der Waals surface area (Å²) in [6.45, 7) is 5.53. The highest BCUT2D eigenvalue weighted by Crippen LogP contribution is 2.43. The van der Waals surface area contributed by atoms with Crippen LogP contribution in [-0.2, 0) is 20.7 Å². The Balaban J connectivity index is 1.57. The van der Waals surface area contributed by atoms with Gasteiger partial charge in [0, 0.05) is 25.1 Å². The predicted octanol–water partition coefficient (Wildman–Crippen LogP) is 4.80. The first-order valence-corrected chi connectivity index (χ1v) is 13.4. The van der Waals surface area contributed by atoms with Crippen LogP contribution in [0.15, 0.2) is 42.0 Å². The lowest BCUT2D eigenvalue weighted by molar-refractivity contribution is -0.140. The second-order valence-corrected chi connectivity index (χ2v) is 10.2. The summed E-state index contributed by atoms with van der Waals surface area (Å²) in [6.07, 6.45) is 4.24. The van der Waals surface area contributed by atoms with Crippen molar-refractivity contribution in [2.75, 3.05) is 26.9 Å². The second kappa shape index (κ2) is 11.1. The summed E-state index contributed by atoms with van der Waals surface area (Å²) in [5.74, 6) is 0.310. The van der Waals surface area contributed by atoms with Crippen LogP contribution >= 0.6 is 0 Å². The van der Waals surface area contributed by atoms with Gasteiger partial charge in [0.05, 0.1) is 31.4 Å². The molecule has 0 aromatic heterocycles. The average molecular weight is 522 g/mol. The molecule has 2 aromatic rings. The Bertz CT molecular complexity index is 1250. The number of unbranched alkanes of at least 4 members (excludes halogenated alkanes) is 1. The van der Waals surface area contributed by atoms with Crippen LogP contribution in [-0.4, -0.2) is 60.8 Å². The van der Waals surface area contributed by atoms with Crippen LogP contribution in [0.2, 0.25) is 0 Å². The van der Waals surface area contributed by atoms with Crippen molar-refractivity contribution in [2.45, 2.75) is 64.2 Å². The largest absolute Gasteiger partial charge is 0.507 e. The summed E-state index contributed by atoms with van der Waals surface area (Å²) in [6, 6.07) is 9.98. The maximum absolute atomic E-state index is 13.4. The maximum atomic E-state index is 13.4. The zero-order valence-electron chi connectivity index (χ0n) is 22.2. The van der Waals surface area contributed by atoms with Crippen molar-refractivity contribution < 1.29 is 33.6 Å². The predicted molar refractivity (Wildman–Crippen MR) is 142 cm³/mol. The van der Waals surface area contributed by atoms with Gasteiger partial charge in [0.1, 0.15) is 17.6 Å². The topological polar surface area (TPSA) is 94.5 Å². The summed E-state index contributed by atoms with van der Waals surface area (Å²) in [7, 11) is 1.56. The van der Waals surface area contributed by atoms with E-state index in [0.717, 1.165) is 37.0 Å². The lowest BCUT2D eigenvalue weighted by Gasteiger charge is -2.28. The Morgan fingerprint density at radius 3 is 2.74 bits per heavy atom. The number of hydrogen-bond donors (Lipinski definition) is 1. The van der Waals surface area contributed by atoms with Crippen LogP contribution in [0.4, 0.5) is 0 Å². The molecular formula is C30H35NO7. The van der Waals surface area contributed by atoms with Crippen LogP contribution in [0.1, 0.15) is 62.3 Å². The monoisotopic (exact) mass is 521 g/mol. The van der Waals surface area contributed by atoms with Crippen LogP contribution in [0.25, 0.3) is 5.76 Å². The van der Waals surface area contributed by atoms with Crippen LogP contribution in [0, 0.1) is 0 Å². The van der Waals surface area contributed by atoms with Gasteiger partial charge in [-0.3, -0.25) is 9.59 Å². The van der Waals surface area contributed by atoms with Gasteiger partial charge in [-0.25, -0.2) is 0 Å².